The molecule has 2 aliphatic rings. The van der Waals surface area contributed by atoms with Crippen molar-refractivity contribution in [2.45, 2.75) is 219 Å². The first-order valence-electron chi connectivity index (χ1n) is 20.5. The van der Waals surface area contributed by atoms with Crippen molar-refractivity contribution in [3.63, 3.8) is 0 Å². The van der Waals surface area contributed by atoms with Gasteiger partial charge in [-0.2, -0.15) is 0 Å². The Balaban J connectivity index is 2.93. The van der Waals surface area contributed by atoms with Gasteiger partial charge in [-0.3, -0.25) is 0 Å². The molecule has 328 valence electrons. The average Bonchev–Trinajstić information content (AvgIpc) is 2.88. The smallest absolute Gasteiger partial charge is 0.187 e. The third-order valence-corrected chi connectivity index (χ3v) is 15.7. The van der Waals surface area contributed by atoms with Crippen molar-refractivity contribution in [2.24, 2.45) is 0 Å². The Bertz CT molecular complexity index is 1180. The molecule has 55 heavy (non-hydrogen) atoms. The van der Waals surface area contributed by atoms with E-state index in [4.69, 9.17) is 49.6 Å². The molecule has 10 atom stereocenters. The van der Waals surface area contributed by atoms with Gasteiger partial charge in [0.15, 0.2) is 79.1 Å². The zero-order chi connectivity index (χ0) is 43.0. The van der Waals surface area contributed by atoms with Gasteiger partial charge in [0.25, 0.3) is 0 Å². The van der Waals surface area contributed by atoms with E-state index in [1.165, 1.54) is 0 Å². The van der Waals surface area contributed by atoms with Crippen molar-refractivity contribution < 1.29 is 49.6 Å². The van der Waals surface area contributed by atoms with Crippen molar-refractivity contribution >= 4 is 66.5 Å². The second-order valence-electron chi connectivity index (χ2n) is 23.2. The van der Waals surface area contributed by atoms with Crippen LogP contribution in [0.3, 0.4) is 0 Å². The maximum atomic E-state index is 7.46. The fourth-order valence-electron chi connectivity index (χ4n) is 6.26. The van der Waals surface area contributed by atoms with Gasteiger partial charge in [0.2, 0.25) is 0 Å². The molecule has 0 amide bonds. The van der Waals surface area contributed by atoms with Crippen LogP contribution in [0.2, 0.25) is 157 Å². The number of rotatable bonds is 20. The summed E-state index contributed by atoms with van der Waals surface area (Å²) in [5, 5.41) is 0. The van der Waals surface area contributed by atoms with Gasteiger partial charge < -0.3 is 49.6 Å². The molecule has 11 nitrogen and oxygen atoms in total. The third-order valence-electron chi connectivity index (χ3n) is 7.75. The summed E-state index contributed by atoms with van der Waals surface area (Å²) in [4.78, 5) is 0. The fourth-order valence-corrected chi connectivity index (χ4v) is 13.9. The molecule has 2 saturated heterocycles. The summed E-state index contributed by atoms with van der Waals surface area (Å²) < 4.78 is 77.4. The summed E-state index contributed by atoms with van der Waals surface area (Å²) in [5.41, 5.74) is 0. The molecular formula is C36H86O11Si8. The first-order valence-corrected chi connectivity index (χ1v) is 47.8. The van der Waals surface area contributed by atoms with Gasteiger partial charge >= 0.3 is 0 Å². The van der Waals surface area contributed by atoms with E-state index in [0.717, 1.165) is 0 Å². The van der Waals surface area contributed by atoms with Crippen LogP contribution >= 0.6 is 0 Å². The lowest BCUT2D eigenvalue weighted by Gasteiger charge is -2.54. The maximum absolute atomic E-state index is 7.46. The molecular weight excluding hydrogens is 833 g/mol. The molecule has 2 heterocycles. The number of ether oxygens (including phenoxy) is 3. The van der Waals surface area contributed by atoms with Gasteiger partial charge in [-0.1, -0.05) is 0 Å². The summed E-state index contributed by atoms with van der Waals surface area (Å²) >= 11 is 0. The van der Waals surface area contributed by atoms with Crippen LogP contribution < -0.4 is 0 Å². The zero-order valence-corrected chi connectivity index (χ0v) is 47.7. The van der Waals surface area contributed by atoms with Crippen LogP contribution in [0, 0.1) is 0 Å². The molecule has 0 radical (unpaired) electrons. The number of hydrogen-bond donors (Lipinski definition) is 0. The topological polar surface area (TPSA) is 102 Å². The highest BCUT2D eigenvalue weighted by Crippen LogP contribution is 2.39. The van der Waals surface area contributed by atoms with E-state index in [-0.39, 0.29) is 0 Å². The Hall–Kier alpha value is 1.30. The fraction of sp³-hybridized carbons (Fsp3) is 1.00. The molecule has 0 saturated carbocycles. The average molecular weight is 920 g/mol. The van der Waals surface area contributed by atoms with E-state index < -0.39 is 128 Å². The minimum absolute atomic E-state index is 0.321. The quantitative estimate of drug-likeness (QED) is 0.109. The van der Waals surface area contributed by atoms with Gasteiger partial charge in [-0.15, -0.1) is 0 Å². The van der Waals surface area contributed by atoms with E-state index in [0.29, 0.717) is 13.2 Å². The van der Waals surface area contributed by atoms with Gasteiger partial charge in [-0.25, -0.2) is 0 Å². The van der Waals surface area contributed by atoms with Crippen LogP contribution in [-0.2, 0) is 49.6 Å². The molecule has 19 heteroatoms. The first-order chi connectivity index (χ1) is 24.2. The molecule has 0 aromatic rings. The molecule has 0 aromatic carbocycles. The minimum Gasteiger partial charge on any atom is -0.415 e. The lowest BCUT2D eigenvalue weighted by atomic mass is 9.97. The Labute approximate surface area is 346 Å². The Morgan fingerprint density at radius 1 is 0.291 bits per heavy atom. The third kappa shape index (κ3) is 20.6. The molecule has 2 rings (SSSR count). The summed E-state index contributed by atoms with van der Waals surface area (Å²) in [6.45, 7) is 53.5. The van der Waals surface area contributed by atoms with Crippen molar-refractivity contribution in [1.82, 2.24) is 0 Å². The second-order valence-corrected chi connectivity index (χ2v) is 59.0. The molecule has 0 aliphatic carbocycles. The van der Waals surface area contributed by atoms with Crippen molar-refractivity contribution in [2.75, 3.05) is 13.2 Å². The SMILES string of the molecule is C[Si](C)(C)OCC1OC(O[Si](C)(C)C)C(O[Si](C)(C)C)C(O[Si](C)(C)C)C1OC1O[C@H](CO[Si](C)(C)C)[C@@H](O[Si](C)(C)C)[C@H](O[Si](C)(C)C)[C@H]1O[Si](C)(C)C. The van der Waals surface area contributed by atoms with Crippen molar-refractivity contribution in [3.05, 3.63) is 0 Å². The Morgan fingerprint density at radius 2 is 0.564 bits per heavy atom. The highest BCUT2D eigenvalue weighted by molar-refractivity contribution is 6.72. The molecule has 0 bridgehead atoms. The van der Waals surface area contributed by atoms with Gasteiger partial charge in [0, 0.05) is 0 Å². The summed E-state index contributed by atoms with van der Waals surface area (Å²) in [6.07, 6.45) is -5.61. The van der Waals surface area contributed by atoms with Crippen LogP contribution in [0.5, 0.6) is 0 Å². The molecule has 2 fully saturated rings. The Kier molecular flexibility index (Phi) is 18.2. The molecule has 6 unspecified atom stereocenters. The van der Waals surface area contributed by atoms with Crippen LogP contribution in [-0.4, -0.2) is 141 Å². The normalized spacial score (nSPS) is 31.2. The van der Waals surface area contributed by atoms with E-state index in [9.17, 15) is 0 Å². The van der Waals surface area contributed by atoms with E-state index in [2.05, 4.69) is 157 Å². The molecule has 0 spiro atoms. The predicted molar refractivity (Wildman–Crippen MR) is 246 cm³/mol. The van der Waals surface area contributed by atoms with Crippen LogP contribution in [0.15, 0.2) is 0 Å². The molecule has 0 N–H and O–H groups in total. The lowest BCUT2D eigenvalue weighted by molar-refractivity contribution is -0.344. The van der Waals surface area contributed by atoms with Crippen LogP contribution in [0.25, 0.3) is 0 Å². The summed E-state index contributed by atoms with van der Waals surface area (Å²) in [5.74, 6) is 0. The van der Waals surface area contributed by atoms with Gasteiger partial charge in [-0.05, 0) is 157 Å². The zero-order valence-electron chi connectivity index (χ0n) is 39.7. The standard InChI is InChI=1S/C36H86O11Si8/c1-48(2,3)37-25-27-29(31(43-51(10,11)12)34(46-54(19,20)21)36(40-27)47-55(22,23)24)41-35-33(45-53(16,17)18)32(44-52(13,14)15)30(42-50(7,8)9)28(39-35)26-38-49(4,5)6/h27-36H,25-26H2,1-24H3/t27?,28-,29?,30-,31?,32+,33-,34?,35?,36?/m1/s1. The molecule has 0 aromatic heterocycles. The summed E-state index contributed by atoms with van der Waals surface area (Å²) in [6, 6.07) is 0. The Morgan fingerprint density at radius 3 is 0.909 bits per heavy atom. The van der Waals surface area contributed by atoms with E-state index in [1.54, 1.807) is 0 Å². The van der Waals surface area contributed by atoms with Crippen LogP contribution in [0.4, 0.5) is 0 Å². The maximum Gasteiger partial charge on any atom is 0.187 e. The largest absolute Gasteiger partial charge is 0.415 e. The lowest BCUT2D eigenvalue weighted by Crippen LogP contribution is -2.70. The van der Waals surface area contributed by atoms with Crippen LogP contribution in [0.1, 0.15) is 0 Å². The van der Waals surface area contributed by atoms with Gasteiger partial charge in [0.1, 0.15) is 48.8 Å². The highest BCUT2D eigenvalue weighted by atomic mass is 28.4. The van der Waals surface area contributed by atoms with Crippen molar-refractivity contribution in [3.8, 4) is 0 Å². The second kappa shape index (κ2) is 19.1. The monoisotopic (exact) mass is 918 g/mol. The van der Waals surface area contributed by atoms with E-state index >= 15 is 0 Å². The van der Waals surface area contributed by atoms with Gasteiger partial charge in [0.05, 0.1) is 13.2 Å². The number of hydrogen-bond acceptors (Lipinski definition) is 11. The first kappa shape index (κ1) is 52.4. The van der Waals surface area contributed by atoms with E-state index in [1.807, 2.05) is 0 Å². The minimum atomic E-state index is -2.23. The summed E-state index contributed by atoms with van der Waals surface area (Å²) in [7, 11) is -17.0. The molecule has 2 aliphatic heterocycles. The highest BCUT2D eigenvalue weighted by Gasteiger charge is 2.57. The predicted octanol–water partition coefficient (Wildman–Crippen LogP) is 9.48. The van der Waals surface area contributed by atoms with Crippen molar-refractivity contribution in [1.29, 1.82) is 0 Å².